The van der Waals surface area contributed by atoms with Gasteiger partial charge in [0.2, 0.25) is 0 Å². The number of halogens is 3. The van der Waals surface area contributed by atoms with Gasteiger partial charge in [-0.25, -0.2) is 0 Å². The normalized spacial score (nSPS) is 13.3. The molecule has 2 aromatic rings. The molecule has 0 saturated heterocycles. The molecule has 0 aliphatic heterocycles. The summed E-state index contributed by atoms with van der Waals surface area (Å²) in [6, 6.07) is 12.0. The monoisotopic (exact) mass is 397 g/mol. The van der Waals surface area contributed by atoms with E-state index in [0.717, 1.165) is 17.9 Å². The van der Waals surface area contributed by atoms with Crippen LogP contribution < -0.4 is 20.5 Å². The zero-order chi connectivity index (χ0) is 20.7. The van der Waals surface area contributed by atoms with E-state index in [0.29, 0.717) is 11.3 Å². The minimum Gasteiger partial charge on any atom is -0.491 e. The lowest BCUT2D eigenvalue weighted by atomic mass is 10.1. The fraction of sp³-hybridized carbons (Fsp3) is 0.316. The first-order chi connectivity index (χ1) is 13.1. The van der Waals surface area contributed by atoms with E-state index in [2.05, 4.69) is 15.0 Å². The van der Waals surface area contributed by atoms with E-state index in [1.807, 2.05) is 13.8 Å². The van der Waals surface area contributed by atoms with Gasteiger partial charge in [-0.3, -0.25) is 4.99 Å². The van der Waals surface area contributed by atoms with Crippen LogP contribution in [-0.2, 0) is 0 Å². The Kier molecular flexibility index (Phi) is 7.11. The van der Waals surface area contributed by atoms with Crippen molar-refractivity contribution >= 4 is 11.6 Å². The molecule has 0 aliphatic rings. The van der Waals surface area contributed by atoms with E-state index in [9.17, 15) is 18.3 Å². The number of aliphatic hydroxyl groups is 1. The summed E-state index contributed by atoms with van der Waals surface area (Å²) in [6.07, 6.45) is -5.72. The maximum Gasteiger partial charge on any atom is 0.573 e. The summed E-state index contributed by atoms with van der Waals surface area (Å²) in [5.41, 5.74) is 6.88. The van der Waals surface area contributed by atoms with Crippen LogP contribution in [0.5, 0.6) is 11.5 Å². The highest BCUT2D eigenvalue weighted by Crippen LogP contribution is 2.24. The molecule has 0 amide bonds. The Labute approximate surface area is 160 Å². The largest absolute Gasteiger partial charge is 0.573 e. The van der Waals surface area contributed by atoms with Crippen molar-refractivity contribution in [3.05, 3.63) is 54.1 Å². The predicted octanol–water partition coefficient (Wildman–Crippen LogP) is 3.83. The second-order valence-electron chi connectivity index (χ2n) is 6.17. The maximum atomic E-state index is 12.1. The Morgan fingerprint density at radius 1 is 1.07 bits per heavy atom. The number of ether oxygens (including phenoxy) is 2. The van der Waals surface area contributed by atoms with E-state index in [-0.39, 0.29) is 24.4 Å². The van der Waals surface area contributed by atoms with Gasteiger partial charge in [0, 0.05) is 5.69 Å². The third-order valence-electron chi connectivity index (χ3n) is 3.43. The molecule has 0 aromatic heterocycles. The van der Waals surface area contributed by atoms with Crippen molar-refractivity contribution < 1.29 is 27.8 Å². The van der Waals surface area contributed by atoms with E-state index in [1.54, 1.807) is 24.3 Å². The number of nitrogens with two attached hydrogens (primary N) is 1. The first-order valence-electron chi connectivity index (χ1n) is 8.50. The second kappa shape index (κ2) is 9.32. The highest BCUT2D eigenvalue weighted by molar-refractivity contribution is 5.92. The van der Waals surface area contributed by atoms with Gasteiger partial charge >= 0.3 is 6.36 Å². The lowest BCUT2D eigenvalue weighted by Crippen LogP contribution is -2.23. The Morgan fingerprint density at radius 2 is 1.64 bits per heavy atom. The molecule has 9 heteroatoms. The number of benzene rings is 2. The van der Waals surface area contributed by atoms with Gasteiger partial charge in [-0.2, -0.15) is 0 Å². The quantitative estimate of drug-likeness (QED) is 0.488. The van der Waals surface area contributed by atoms with Crippen molar-refractivity contribution in [1.29, 1.82) is 0 Å². The van der Waals surface area contributed by atoms with Crippen molar-refractivity contribution in [1.82, 2.24) is 0 Å². The molecule has 1 unspecified atom stereocenters. The first-order valence-corrected chi connectivity index (χ1v) is 8.50. The van der Waals surface area contributed by atoms with Gasteiger partial charge in [-0.05, 0) is 55.8 Å². The van der Waals surface area contributed by atoms with Crippen LogP contribution in [0, 0.1) is 0 Å². The maximum absolute atomic E-state index is 12.1. The summed E-state index contributed by atoms with van der Waals surface area (Å²) in [6.45, 7) is 3.80. The number of nitrogens with zero attached hydrogens (tertiary/aromatic N) is 1. The topological polar surface area (TPSA) is 89.1 Å². The fourth-order valence-corrected chi connectivity index (χ4v) is 2.26. The van der Waals surface area contributed by atoms with E-state index in [4.69, 9.17) is 10.5 Å². The van der Waals surface area contributed by atoms with Crippen molar-refractivity contribution in [3.8, 4) is 11.5 Å². The molecular weight excluding hydrogens is 375 g/mol. The fourth-order valence-electron chi connectivity index (χ4n) is 2.26. The van der Waals surface area contributed by atoms with Gasteiger partial charge in [-0.15, -0.1) is 13.2 Å². The molecule has 2 aromatic carbocycles. The van der Waals surface area contributed by atoms with Crippen molar-refractivity contribution in [2.24, 2.45) is 10.7 Å². The lowest BCUT2D eigenvalue weighted by molar-refractivity contribution is -0.274. The summed E-state index contributed by atoms with van der Waals surface area (Å²) in [5, 5.41) is 13.0. The summed E-state index contributed by atoms with van der Waals surface area (Å²) in [5.74, 6) is 0.455. The second-order valence-corrected chi connectivity index (χ2v) is 6.17. The number of alkyl halides is 3. The Bertz CT molecular complexity index is 776. The van der Waals surface area contributed by atoms with Gasteiger partial charge in [0.1, 0.15) is 11.5 Å². The Balaban J connectivity index is 1.89. The molecule has 0 radical (unpaired) electrons. The third-order valence-corrected chi connectivity index (χ3v) is 3.43. The molecule has 6 nitrogen and oxygen atoms in total. The Hall–Kier alpha value is -2.94. The lowest BCUT2D eigenvalue weighted by Gasteiger charge is -2.13. The first kappa shape index (κ1) is 21.4. The van der Waals surface area contributed by atoms with Gasteiger partial charge in [0.05, 0.1) is 18.8 Å². The van der Waals surface area contributed by atoms with Gasteiger partial charge in [-0.1, -0.05) is 12.1 Å². The SMILES string of the molecule is CC(C)Oc1ccc(NC(N)=NCC(O)c2ccc(OC(F)(F)F)cc2)cc1. The molecule has 0 saturated carbocycles. The van der Waals surface area contributed by atoms with Crippen LogP contribution in [0.15, 0.2) is 53.5 Å². The zero-order valence-corrected chi connectivity index (χ0v) is 15.4. The average Bonchev–Trinajstić information content (AvgIpc) is 2.60. The summed E-state index contributed by atoms with van der Waals surface area (Å²) in [4.78, 5) is 4.04. The summed E-state index contributed by atoms with van der Waals surface area (Å²) >= 11 is 0. The van der Waals surface area contributed by atoms with E-state index < -0.39 is 12.5 Å². The summed E-state index contributed by atoms with van der Waals surface area (Å²) < 4.78 is 45.8. The minimum atomic E-state index is -4.76. The van der Waals surface area contributed by atoms with Crippen molar-refractivity contribution in [3.63, 3.8) is 0 Å². The molecule has 2 rings (SSSR count). The molecule has 28 heavy (non-hydrogen) atoms. The van der Waals surface area contributed by atoms with Crippen LogP contribution in [0.25, 0.3) is 0 Å². The van der Waals surface area contributed by atoms with Gasteiger partial charge < -0.3 is 25.6 Å². The standard InChI is InChI=1S/C19H22F3N3O3/c1-12(2)27-15-9-5-14(6-10-15)25-18(23)24-11-17(26)13-3-7-16(8-4-13)28-19(20,21)22/h3-10,12,17,26H,11H2,1-2H3,(H3,23,24,25). The Morgan fingerprint density at radius 3 is 2.18 bits per heavy atom. The molecule has 0 fully saturated rings. The molecular formula is C19H22F3N3O3. The number of rotatable bonds is 7. The summed E-state index contributed by atoms with van der Waals surface area (Å²) in [7, 11) is 0. The molecule has 0 spiro atoms. The smallest absolute Gasteiger partial charge is 0.491 e. The van der Waals surface area contributed by atoms with Crippen LogP contribution in [0.3, 0.4) is 0 Å². The molecule has 0 bridgehead atoms. The average molecular weight is 397 g/mol. The predicted molar refractivity (Wildman–Crippen MR) is 100 cm³/mol. The number of nitrogens with one attached hydrogen (secondary N) is 1. The number of aliphatic hydroxyl groups excluding tert-OH is 1. The van der Waals surface area contributed by atoms with Crippen LogP contribution >= 0.6 is 0 Å². The van der Waals surface area contributed by atoms with Gasteiger partial charge in [0.15, 0.2) is 5.96 Å². The third kappa shape index (κ3) is 7.36. The van der Waals surface area contributed by atoms with Crippen LogP contribution in [0.1, 0.15) is 25.5 Å². The van der Waals surface area contributed by atoms with Crippen LogP contribution in [0.4, 0.5) is 18.9 Å². The number of hydrogen-bond donors (Lipinski definition) is 3. The van der Waals surface area contributed by atoms with Crippen molar-refractivity contribution in [2.75, 3.05) is 11.9 Å². The van der Waals surface area contributed by atoms with E-state index in [1.165, 1.54) is 12.1 Å². The molecule has 4 N–H and O–H groups in total. The molecule has 0 heterocycles. The van der Waals surface area contributed by atoms with E-state index >= 15 is 0 Å². The number of hydrogen-bond acceptors (Lipinski definition) is 4. The highest BCUT2D eigenvalue weighted by Gasteiger charge is 2.31. The number of aliphatic imine (C=N–C) groups is 1. The minimum absolute atomic E-state index is 0.0626. The molecule has 152 valence electrons. The van der Waals surface area contributed by atoms with Crippen LogP contribution in [-0.4, -0.2) is 30.1 Å². The van der Waals surface area contributed by atoms with Crippen molar-refractivity contribution in [2.45, 2.75) is 32.4 Å². The molecule has 1 atom stereocenters. The number of anilines is 1. The molecule has 0 aliphatic carbocycles. The number of guanidine groups is 1. The van der Waals surface area contributed by atoms with Crippen LogP contribution in [0.2, 0.25) is 0 Å². The van der Waals surface area contributed by atoms with Gasteiger partial charge in [0.25, 0.3) is 0 Å². The highest BCUT2D eigenvalue weighted by atomic mass is 19.4. The zero-order valence-electron chi connectivity index (χ0n) is 15.4.